The topological polar surface area (TPSA) is 74.8 Å². The van der Waals surface area contributed by atoms with E-state index in [1.165, 1.54) is 0 Å². The van der Waals surface area contributed by atoms with Gasteiger partial charge in [-0.3, -0.25) is 14.7 Å². The first kappa shape index (κ1) is 13.3. The normalized spacial score (nSPS) is 10.5. The molecule has 0 unspecified atom stereocenters. The number of benzene rings is 2. The van der Waals surface area contributed by atoms with Crippen LogP contribution in [-0.4, -0.2) is 16.1 Å². The van der Waals surface area contributed by atoms with Crippen LogP contribution in [0.5, 0.6) is 0 Å². The fraction of sp³-hybridized carbons (Fsp3) is 0. The number of hydrogen-bond acceptors (Lipinski definition) is 3. The number of fused-ring (bicyclic) bond motifs is 1. The first-order valence-corrected chi connectivity index (χ1v) is 6.57. The second-order valence-corrected chi connectivity index (χ2v) is 4.84. The minimum atomic E-state index is -0.565. The average molecular weight is 300 g/mol. The number of carbonyl (C=O) groups is 1. The Morgan fingerprint density at radius 2 is 1.81 bits per heavy atom. The molecule has 0 aliphatic carbocycles. The van der Waals surface area contributed by atoms with Crippen LogP contribution in [0.3, 0.4) is 0 Å². The van der Waals surface area contributed by atoms with Crippen LogP contribution >= 0.6 is 11.6 Å². The molecule has 2 aromatic carbocycles. The Bertz CT molecular complexity index is 872. The fourth-order valence-electron chi connectivity index (χ4n) is 1.95. The molecule has 0 aliphatic rings. The predicted octanol–water partition coefficient (Wildman–Crippen LogP) is 2.83. The molecule has 0 atom stereocenters. The van der Waals surface area contributed by atoms with Crippen LogP contribution in [0.15, 0.2) is 53.3 Å². The van der Waals surface area contributed by atoms with Crippen molar-refractivity contribution >= 4 is 34.1 Å². The van der Waals surface area contributed by atoms with E-state index in [1.807, 2.05) is 0 Å². The number of aromatic nitrogens is 2. The zero-order chi connectivity index (χ0) is 14.8. The number of nitrogens with zero attached hydrogens (tertiary/aromatic N) is 1. The van der Waals surface area contributed by atoms with Gasteiger partial charge >= 0.3 is 0 Å². The first-order valence-electron chi connectivity index (χ1n) is 6.19. The highest BCUT2D eigenvalue weighted by Crippen LogP contribution is 2.14. The molecular weight excluding hydrogens is 290 g/mol. The van der Waals surface area contributed by atoms with Crippen molar-refractivity contribution in [3.8, 4) is 0 Å². The molecule has 3 rings (SSSR count). The average Bonchev–Trinajstić information content (AvgIpc) is 2.50. The Morgan fingerprint density at radius 3 is 2.57 bits per heavy atom. The fourth-order valence-corrected chi connectivity index (χ4v) is 2.08. The second kappa shape index (κ2) is 5.38. The van der Waals surface area contributed by atoms with Crippen LogP contribution in [0.4, 0.5) is 5.69 Å². The van der Waals surface area contributed by atoms with E-state index >= 15 is 0 Å². The van der Waals surface area contributed by atoms with E-state index in [0.29, 0.717) is 21.6 Å². The van der Waals surface area contributed by atoms with Gasteiger partial charge in [-0.2, -0.15) is 5.10 Å². The number of halogens is 1. The van der Waals surface area contributed by atoms with Crippen molar-refractivity contribution < 1.29 is 4.79 Å². The number of para-hydroxylation sites is 1. The van der Waals surface area contributed by atoms with Crippen LogP contribution in [0.2, 0.25) is 5.02 Å². The van der Waals surface area contributed by atoms with E-state index in [9.17, 15) is 9.59 Å². The number of aromatic amines is 1. The molecule has 0 spiro atoms. The van der Waals surface area contributed by atoms with Gasteiger partial charge in [0, 0.05) is 16.1 Å². The number of H-pyrrole nitrogens is 1. The van der Waals surface area contributed by atoms with Crippen LogP contribution in [0.1, 0.15) is 10.5 Å². The molecule has 0 saturated heterocycles. The van der Waals surface area contributed by atoms with Crippen molar-refractivity contribution in [2.24, 2.45) is 0 Å². The quantitative estimate of drug-likeness (QED) is 0.764. The van der Waals surface area contributed by atoms with Crippen molar-refractivity contribution in [2.75, 3.05) is 5.32 Å². The maximum atomic E-state index is 12.2. The number of rotatable bonds is 2. The SMILES string of the molecule is O=C(Nc1ccc(Cl)cc1)c1n[nH]c2ccccc2c1=O. The smallest absolute Gasteiger partial charge is 0.280 e. The van der Waals surface area contributed by atoms with Gasteiger partial charge < -0.3 is 5.32 Å². The Hall–Kier alpha value is -2.66. The van der Waals surface area contributed by atoms with E-state index in [-0.39, 0.29) is 5.69 Å². The molecule has 0 radical (unpaired) electrons. The Morgan fingerprint density at radius 1 is 1.10 bits per heavy atom. The molecule has 1 heterocycles. The first-order chi connectivity index (χ1) is 10.1. The summed E-state index contributed by atoms with van der Waals surface area (Å²) in [6, 6.07) is 13.5. The highest BCUT2D eigenvalue weighted by molar-refractivity contribution is 6.30. The van der Waals surface area contributed by atoms with Crippen LogP contribution in [0.25, 0.3) is 10.9 Å². The van der Waals surface area contributed by atoms with Crippen LogP contribution < -0.4 is 10.7 Å². The third kappa shape index (κ3) is 2.64. The molecule has 0 aliphatic heterocycles. The molecule has 1 aromatic heterocycles. The van der Waals surface area contributed by atoms with Gasteiger partial charge in [-0.05, 0) is 36.4 Å². The molecule has 5 nitrogen and oxygen atoms in total. The second-order valence-electron chi connectivity index (χ2n) is 4.41. The number of amides is 1. The number of carbonyl (C=O) groups excluding carboxylic acids is 1. The van der Waals surface area contributed by atoms with Gasteiger partial charge in [0.15, 0.2) is 5.69 Å². The van der Waals surface area contributed by atoms with E-state index < -0.39 is 11.3 Å². The number of hydrogen-bond donors (Lipinski definition) is 2. The van der Waals surface area contributed by atoms with Crippen molar-refractivity contribution in [1.29, 1.82) is 0 Å². The molecule has 104 valence electrons. The van der Waals surface area contributed by atoms with Gasteiger partial charge in [-0.1, -0.05) is 23.7 Å². The lowest BCUT2D eigenvalue weighted by Gasteiger charge is -2.05. The summed E-state index contributed by atoms with van der Waals surface area (Å²) in [6.07, 6.45) is 0. The van der Waals surface area contributed by atoms with Crippen molar-refractivity contribution in [2.45, 2.75) is 0 Å². The summed E-state index contributed by atoms with van der Waals surface area (Å²) in [6.45, 7) is 0. The zero-order valence-corrected chi connectivity index (χ0v) is 11.5. The molecule has 0 saturated carbocycles. The van der Waals surface area contributed by atoms with Gasteiger partial charge in [0.05, 0.1) is 5.52 Å². The van der Waals surface area contributed by atoms with Gasteiger partial charge in [0.2, 0.25) is 5.43 Å². The lowest BCUT2D eigenvalue weighted by molar-refractivity contribution is 0.102. The number of anilines is 1. The summed E-state index contributed by atoms with van der Waals surface area (Å²) in [5, 5.41) is 10.1. The highest BCUT2D eigenvalue weighted by atomic mass is 35.5. The highest BCUT2D eigenvalue weighted by Gasteiger charge is 2.14. The molecule has 0 bridgehead atoms. The van der Waals surface area contributed by atoms with Crippen molar-refractivity contribution in [3.05, 3.63) is 69.5 Å². The Kier molecular flexibility index (Phi) is 3.41. The number of nitrogens with one attached hydrogen (secondary N) is 2. The minimum absolute atomic E-state index is 0.177. The summed E-state index contributed by atoms with van der Waals surface area (Å²) in [4.78, 5) is 24.4. The van der Waals surface area contributed by atoms with E-state index in [4.69, 9.17) is 11.6 Å². The van der Waals surface area contributed by atoms with Crippen LogP contribution in [0, 0.1) is 0 Å². The van der Waals surface area contributed by atoms with Gasteiger partial charge in [0.25, 0.3) is 5.91 Å². The molecule has 6 heteroatoms. The van der Waals surface area contributed by atoms with Crippen LogP contribution in [-0.2, 0) is 0 Å². The largest absolute Gasteiger partial charge is 0.320 e. The predicted molar refractivity (Wildman–Crippen MR) is 81.8 cm³/mol. The summed E-state index contributed by atoms with van der Waals surface area (Å²) < 4.78 is 0. The summed E-state index contributed by atoms with van der Waals surface area (Å²) in [5.74, 6) is -0.565. The minimum Gasteiger partial charge on any atom is -0.320 e. The van der Waals surface area contributed by atoms with Crippen molar-refractivity contribution in [3.63, 3.8) is 0 Å². The van der Waals surface area contributed by atoms with E-state index in [0.717, 1.165) is 0 Å². The Balaban J connectivity index is 1.96. The summed E-state index contributed by atoms with van der Waals surface area (Å²) >= 11 is 5.78. The molecule has 2 N–H and O–H groups in total. The van der Waals surface area contributed by atoms with E-state index in [2.05, 4.69) is 15.5 Å². The van der Waals surface area contributed by atoms with Gasteiger partial charge in [0.1, 0.15) is 0 Å². The standard InChI is InChI=1S/C15H10ClN3O2/c16-9-5-7-10(8-6-9)17-15(21)13-14(20)11-3-1-2-4-12(11)18-19-13/h1-8H,(H,17,21)(H,18,20). The maximum Gasteiger partial charge on any atom is 0.280 e. The molecular formula is C15H10ClN3O2. The van der Waals surface area contributed by atoms with Gasteiger partial charge in [-0.25, -0.2) is 0 Å². The summed E-state index contributed by atoms with van der Waals surface area (Å²) in [5.41, 5.74) is 0.545. The molecule has 1 amide bonds. The van der Waals surface area contributed by atoms with Crippen molar-refractivity contribution in [1.82, 2.24) is 10.2 Å². The lowest BCUT2D eigenvalue weighted by Crippen LogP contribution is -2.24. The third-order valence-electron chi connectivity index (χ3n) is 2.99. The molecule has 0 fully saturated rings. The maximum absolute atomic E-state index is 12.2. The Labute approximate surface area is 124 Å². The summed E-state index contributed by atoms with van der Waals surface area (Å²) in [7, 11) is 0. The monoisotopic (exact) mass is 299 g/mol. The lowest BCUT2D eigenvalue weighted by atomic mass is 10.2. The third-order valence-corrected chi connectivity index (χ3v) is 3.24. The van der Waals surface area contributed by atoms with Gasteiger partial charge in [-0.15, -0.1) is 0 Å². The molecule has 3 aromatic rings. The molecule has 21 heavy (non-hydrogen) atoms. The zero-order valence-electron chi connectivity index (χ0n) is 10.8. The van der Waals surface area contributed by atoms with E-state index in [1.54, 1.807) is 48.5 Å².